The largest absolute Gasteiger partial charge is 0.507 e. The van der Waals surface area contributed by atoms with Crippen molar-refractivity contribution in [3.05, 3.63) is 50.4 Å². The number of aryl methyl sites for hydroxylation is 1. The van der Waals surface area contributed by atoms with Crippen LogP contribution in [0.5, 0.6) is 17.2 Å². The second-order valence-corrected chi connectivity index (χ2v) is 6.77. The Kier molecular flexibility index (Phi) is 6.83. The van der Waals surface area contributed by atoms with Gasteiger partial charge in [-0.25, -0.2) is 5.43 Å². The minimum Gasteiger partial charge on any atom is -0.507 e. The smallest absolute Gasteiger partial charge is 0.277 e. The number of ether oxygens (including phenoxy) is 2. The van der Waals surface area contributed by atoms with Crippen LogP contribution in [0.15, 0.2) is 44.4 Å². The standard InChI is InChI=1S/C17H16Br2N2O4/c1-10-5-13(18)17(14(19)6-10)25-9-16(23)21-20-8-11-3-4-12(24-2)7-15(11)22/h3-8,22H,9H2,1-2H3,(H,21,23)/b20-8-. The lowest BCUT2D eigenvalue weighted by atomic mass is 10.2. The van der Waals surface area contributed by atoms with Crippen molar-refractivity contribution in [2.75, 3.05) is 13.7 Å². The molecule has 2 aromatic rings. The number of hydrogen-bond acceptors (Lipinski definition) is 5. The van der Waals surface area contributed by atoms with E-state index < -0.39 is 5.91 Å². The first kappa shape index (κ1) is 19.3. The van der Waals surface area contributed by atoms with Gasteiger partial charge in [0.15, 0.2) is 6.61 Å². The number of carbonyl (C=O) groups is 1. The SMILES string of the molecule is COc1ccc(/C=N\NC(=O)COc2c(Br)cc(C)cc2Br)c(O)c1. The summed E-state index contributed by atoms with van der Waals surface area (Å²) in [7, 11) is 1.51. The monoisotopic (exact) mass is 470 g/mol. The molecule has 0 heterocycles. The number of hydrogen-bond donors (Lipinski definition) is 2. The number of phenolic OH excluding ortho intramolecular Hbond substituents is 1. The van der Waals surface area contributed by atoms with Crippen molar-refractivity contribution in [3.63, 3.8) is 0 Å². The highest BCUT2D eigenvalue weighted by molar-refractivity contribution is 9.11. The molecule has 0 aliphatic rings. The average Bonchev–Trinajstić information content (AvgIpc) is 2.55. The highest BCUT2D eigenvalue weighted by Crippen LogP contribution is 2.34. The van der Waals surface area contributed by atoms with E-state index in [1.165, 1.54) is 19.4 Å². The van der Waals surface area contributed by atoms with Crippen LogP contribution in [-0.4, -0.2) is 30.9 Å². The third kappa shape index (κ3) is 5.47. The van der Waals surface area contributed by atoms with Gasteiger partial charge in [-0.2, -0.15) is 5.10 Å². The number of carbonyl (C=O) groups excluding carboxylic acids is 1. The van der Waals surface area contributed by atoms with Crippen LogP contribution < -0.4 is 14.9 Å². The number of aromatic hydroxyl groups is 1. The fourth-order valence-electron chi connectivity index (χ4n) is 1.93. The molecule has 0 aliphatic heterocycles. The Morgan fingerprint density at radius 2 is 1.96 bits per heavy atom. The van der Waals surface area contributed by atoms with Crippen LogP contribution in [0.4, 0.5) is 0 Å². The van der Waals surface area contributed by atoms with E-state index in [4.69, 9.17) is 9.47 Å². The minimum atomic E-state index is -0.427. The van der Waals surface area contributed by atoms with Crippen LogP contribution in [0.25, 0.3) is 0 Å². The third-order valence-corrected chi connectivity index (χ3v) is 4.30. The molecule has 0 fully saturated rings. The number of hydrazone groups is 1. The van der Waals surface area contributed by atoms with E-state index >= 15 is 0 Å². The zero-order valence-electron chi connectivity index (χ0n) is 13.5. The van der Waals surface area contributed by atoms with E-state index in [9.17, 15) is 9.90 Å². The van der Waals surface area contributed by atoms with Gasteiger partial charge in [-0.05, 0) is 68.6 Å². The van der Waals surface area contributed by atoms with Crippen molar-refractivity contribution in [1.82, 2.24) is 5.43 Å². The van der Waals surface area contributed by atoms with Crippen LogP contribution in [-0.2, 0) is 4.79 Å². The summed E-state index contributed by atoms with van der Waals surface area (Å²) >= 11 is 6.79. The lowest BCUT2D eigenvalue weighted by Crippen LogP contribution is -2.24. The Morgan fingerprint density at radius 3 is 2.56 bits per heavy atom. The van der Waals surface area contributed by atoms with E-state index in [-0.39, 0.29) is 12.4 Å². The van der Waals surface area contributed by atoms with Gasteiger partial charge in [-0.3, -0.25) is 4.79 Å². The summed E-state index contributed by atoms with van der Waals surface area (Å²) in [6, 6.07) is 8.54. The highest BCUT2D eigenvalue weighted by atomic mass is 79.9. The number of benzene rings is 2. The molecule has 0 aromatic heterocycles. The summed E-state index contributed by atoms with van der Waals surface area (Å²) < 4.78 is 12.0. The molecule has 1 amide bonds. The fourth-order valence-corrected chi connectivity index (χ4v) is 3.57. The third-order valence-electron chi connectivity index (χ3n) is 3.12. The summed E-state index contributed by atoms with van der Waals surface area (Å²) in [6.07, 6.45) is 1.34. The molecule has 0 saturated heterocycles. The topological polar surface area (TPSA) is 80.2 Å². The maximum atomic E-state index is 11.8. The molecule has 132 valence electrons. The van der Waals surface area contributed by atoms with Crippen molar-refractivity contribution in [1.29, 1.82) is 0 Å². The fraction of sp³-hybridized carbons (Fsp3) is 0.176. The predicted octanol–water partition coefficient (Wildman–Crippen LogP) is 3.76. The van der Waals surface area contributed by atoms with Crippen LogP contribution >= 0.6 is 31.9 Å². The molecule has 0 bridgehead atoms. The summed E-state index contributed by atoms with van der Waals surface area (Å²) in [6.45, 7) is 1.75. The lowest BCUT2D eigenvalue weighted by molar-refractivity contribution is -0.123. The molecular formula is C17H16Br2N2O4. The highest BCUT2D eigenvalue weighted by Gasteiger charge is 2.10. The zero-order chi connectivity index (χ0) is 18.4. The van der Waals surface area contributed by atoms with Crippen molar-refractivity contribution < 1.29 is 19.4 Å². The Hall–Kier alpha value is -2.06. The Morgan fingerprint density at radius 1 is 1.28 bits per heavy atom. The van der Waals surface area contributed by atoms with E-state index in [2.05, 4.69) is 42.4 Å². The Labute approximate surface area is 162 Å². The molecule has 0 saturated carbocycles. The first-order chi connectivity index (χ1) is 11.9. The van der Waals surface area contributed by atoms with Gasteiger partial charge >= 0.3 is 0 Å². The maximum Gasteiger partial charge on any atom is 0.277 e. The van der Waals surface area contributed by atoms with Crippen LogP contribution in [0.3, 0.4) is 0 Å². The molecule has 8 heteroatoms. The van der Waals surface area contributed by atoms with Gasteiger partial charge in [0.1, 0.15) is 17.2 Å². The second-order valence-electron chi connectivity index (χ2n) is 5.06. The second kappa shape index (κ2) is 8.87. The molecule has 0 unspecified atom stereocenters. The molecule has 2 rings (SSSR count). The summed E-state index contributed by atoms with van der Waals surface area (Å²) in [5, 5.41) is 13.6. The van der Waals surface area contributed by atoms with Gasteiger partial charge in [0.2, 0.25) is 0 Å². The van der Waals surface area contributed by atoms with Crippen molar-refractivity contribution in [2.45, 2.75) is 6.92 Å². The zero-order valence-corrected chi connectivity index (χ0v) is 16.7. The van der Waals surface area contributed by atoms with E-state index in [1.54, 1.807) is 12.1 Å². The van der Waals surface area contributed by atoms with Gasteiger partial charge in [-0.15, -0.1) is 0 Å². The molecule has 6 nitrogen and oxygen atoms in total. The number of nitrogens with zero attached hydrogens (tertiary/aromatic N) is 1. The first-order valence-electron chi connectivity index (χ1n) is 7.18. The molecule has 0 radical (unpaired) electrons. The van der Waals surface area contributed by atoms with Gasteiger partial charge in [0.05, 0.1) is 22.3 Å². The molecule has 2 aromatic carbocycles. The minimum absolute atomic E-state index is 0.00103. The molecular weight excluding hydrogens is 456 g/mol. The summed E-state index contributed by atoms with van der Waals surface area (Å²) in [4.78, 5) is 11.8. The number of halogens is 2. The molecule has 0 spiro atoms. The molecule has 0 aliphatic carbocycles. The number of nitrogens with one attached hydrogen (secondary N) is 1. The van der Waals surface area contributed by atoms with E-state index in [1.807, 2.05) is 19.1 Å². The molecule has 25 heavy (non-hydrogen) atoms. The van der Waals surface area contributed by atoms with Gasteiger partial charge in [-0.1, -0.05) is 0 Å². The quantitative estimate of drug-likeness (QED) is 0.496. The number of phenols is 1. The van der Waals surface area contributed by atoms with Crippen molar-refractivity contribution in [2.24, 2.45) is 5.10 Å². The molecule has 0 atom stereocenters. The summed E-state index contributed by atoms with van der Waals surface area (Å²) in [5.74, 6) is 0.642. The number of rotatable bonds is 6. The average molecular weight is 472 g/mol. The van der Waals surface area contributed by atoms with Crippen molar-refractivity contribution >= 4 is 44.0 Å². The van der Waals surface area contributed by atoms with Crippen molar-refractivity contribution in [3.8, 4) is 17.2 Å². The van der Waals surface area contributed by atoms with Gasteiger partial charge in [0, 0.05) is 11.6 Å². The van der Waals surface area contributed by atoms with Gasteiger partial charge in [0.25, 0.3) is 5.91 Å². The van der Waals surface area contributed by atoms with Crippen LogP contribution in [0.1, 0.15) is 11.1 Å². The summed E-state index contributed by atoms with van der Waals surface area (Å²) in [5.41, 5.74) is 3.85. The number of methoxy groups -OCH3 is 1. The lowest BCUT2D eigenvalue weighted by Gasteiger charge is -2.10. The predicted molar refractivity (Wildman–Crippen MR) is 102 cm³/mol. The van der Waals surface area contributed by atoms with Crippen LogP contribution in [0.2, 0.25) is 0 Å². The number of amides is 1. The van der Waals surface area contributed by atoms with Crippen LogP contribution in [0, 0.1) is 6.92 Å². The molecule has 2 N–H and O–H groups in total. The Bertz CT molecular complexity index is 786. The Balaban J connectivity index is 1.91. The maximum absolute atomic E-state index is 11.8. The van der Waals surface area contributed by atoms with Gasteiger partial charge < -0.3 is 14.6 Å². The normalized spacial score (nSPS) is 10.7. The van der Waals surface area contributed by atoms with E-state index in [0.29, 0.717) is 17.1 Å². The first-order valence-corrected chi connectivity index (χ1v) is 8.76. The van der Waals surface area contributed by atoms with E-state index in [0.717, 1.165) is 14.5 Å².